The minimum absolute atomic E-state index is 0.180. The average Bonchev–Trinajstić information content (AvgIpc) is 3.05. The van der Waals surface area contributed by atoms with Crippen molar-refractivity contribution in [3.63, 3.8) is 0 Å². The number of hydrogen-bond donors (Lipinski definition) is 0. The molecule has 1 amide bonds. The van der Waals surface area contributed by atoms with Gasteiger partial charge < -0.3 is 9.42 Å². The van der Waals surface area contributed by atoms with Gasteiger partial charge in [-0.05, 0) is 30.7 Å². The first-order chi connectivity index (χ1) is 11.7. The summed E-state index contributed by atoms with van der Waals surface area (Å²) in [5, 5.41) is 4.08. The van der Waals surface area contributed by atoms with Crippen LogP contribution in [-0.2, 0) is 13.0 Å². The van der Waals surface area contributed by atoms with Crippen LogP contribution < -0.4 is 0 Å². The van der Waals surface area contributed by atoms with Gasteiger partial charge in [-0.1, -0.05) is 5.16 Å². The van der Waals surface area contributed by atoms with Gasteiger partial charge in [-0.25, -0.2) is 9.37 Å². The van der Waals surface area contributed by atoms with Gasteiger partial charge >= 0.3 is 0 Å². The molecule has 1 aliphatic heterocycles. The van der Waals surface area contributed by atoms with E-state index in [-0.39, 0.29) is 11.7 Å². The van der Waals surface area contributed by atoms with Crippen LogP contribution in [0.5, 0.6) is 0 Å². The molecule has 1 aromatic carbocycles. The largest absolute Gasteiger partial charge is 0.356 e. The molecule has 0 fully saturated rings. The highest BCUT2D eigenvalue weighted by Crippen LogP contribution is 2.30. The highest BCUT2D eigenvalue weighted by atomic mass is 19.1. The standard InChI is InChI=1S/C17H13FN4O2/c18-12-3-1-11(2-4-12)16-13-5-8-22(10-15(13)21-24-16)17(23)14-9-19-6-7-20-14/h1-4,6-7,9H,5,8,10H2. The van der Waals surface area contributed by atoms with Crippen molar-refractivity contribution < 1.29 is 13.7 Å². The summed E-state index contributed by atoms with van der Waals surface area (Å²) in [6.45, 7) is 0.896. The third-order valence-electron chi connectivity index (χ3n) is 4.02. The predicted molar refractivity (Wildman–Crippen MR) is 82.4 cm³/mol. The normalized spacial score (nSPS) is 13.6. The Hall–Kier alpha value is -3.09. The van der Waals surface area contributed by atoms with Gasteiger partial charge in [0.25, 0.3) is 5.91 Å². The lowest BCUT2D eigenvalue weighted by Crippen LogP contribution is -2.36. The van der Waals surface area contributed by atoms with Crippen LogP contribution in [-0.4, -0.2) is 32.5 Å². The van der Waals surface area contributed by atoms with Gasteiger partial charge in [0.2, 0.25) is 0 Å². The van der Waals surface area contributed by atoms with Gasteiger partial charge in [-0.15, -0.1) is 0 Å². The average molecular weight is 324 g/mol. The maximum absolute atomic E-state index is 13.1. The number of hydrogen-bond acceptors (Lipinski definition) is 5. The molecule has 120 valence electrons. The molecule has 0 aliphatic carbocycles. The van der Waals surface area contributed by atoms with Crippen LogP contribution in [0.4, 0.5) is 4.39 Å². The molecule has 7 heteroatoms. The third kappa shape index (κ3) is 2.54. The van der Waals surface area contributed by atoms with Crippen LogP contribution in [0.25, 0.3) is 11.3 Å². The van der Waals surface area contributed by atoms with Crippen LogP contribution in [0.2, 0.25) is 0 Å². The lowest BCUT2D eigenvalue weighted by molar-refractivity contribution is 0.0725. The number of benzene rings is 1. The molecule has 0 radical (unpaired) electrons. The SMILES string of the molecule is O=C(c1cnccn1)N1CCc2c(noc2-c2ccc(F)cc2)C1. The monoisotopic (exact) mass is 324 g/mol. The molecule has 4 rings (SSSR count). The van der Waals surface area contributed by atoms with Gasteiger partial charge in [0.1, 0.15) is 17.2 Å². The first-order valence-corrected chi connectivity index (χ1v) is 7.51. The van der Waals surface area contributed by atoms with E-state index in [1.807, 2.05) is 0 Å². The van der Waals surface area contributed by atoms with E-state index in [1.165, 1.54) is 30.7 Å². The Morgan fingerprint density at radius 3 is 2.79 bits per heavy atom. The Labute approximate surface area is 136 Å². The Morgan fingerprint density at radius 1 is 1.21 bits per heavy atom. The molecule has 0 spiro atoms. The van der Waals surface area contributed by atoms with Crippen molar-refractivity contribution in [2.24, 2.45) is 0 Å². The number of amides is 1. The second kappa shape index (κ2) is 5.84. The summed E-state index contributed by atoms with van der Waals surface area (Å²) in [5.74, 6) is 0.157. The zero-order valence-corrected chi connectivity index (χ0v) is 12.6. The molecular weight excluding hydrogens is 311 g/mol. The van der Waals surface area contributed by atoms with E-state index in [0.29, 0.717) is 31.0 Å². The molecule has 6 nitrogen and oxygen atoms in total. The number of nitrogens with zero attached hydrogens (tertiary/aromatic N) is 4. The minimum Gasteiger partial charge on any atom is -0.356 e. The van der Waals surface area contributed by atoms with Gasteiger partial charge in [-0.2, -0.15) is 0 Å². The van der Waals surface area contributed by atoms with E-state index in [2.05, 4.69) is 15.1 Å². The number of fused-ring (bicyclic) bond motifs is 1. The Kier molecular flexibility index (Phi) is 3.53. The molecule has 0 saturated heterocycles. The van der Waals surface area contributed by atoms with Crippen molar-refractivity contribution in [1.29, 1.82) is 0 Å². The zero-order chi connectivity index (χ0) is 16.5. The maximum atomic E-state index is 13.1. The summed E-state index contributed by atoms with van der Waals surface area (Å²) in [5.41, 5.74) is 2.77. The second-order valence-electron chi connectivity index (χ2n) is 5.51. The fourth-order valence-electron chi connectivity index (χ4n) is 2.80. The first kappa shape index (κ1) is 14.5. The Bertz CT molecular complexity index is 877. The summed E-state index contributed by atoms with van der Waals surface area (Å²) < 4.78 is 18.5. The molecule has 2 aromatic heterocycles. The van der Waals surface area contributed by atoms with Crippen LogP contribution in [0.3, 0.4) is 0 Å². The molecular formula is C17H13FN4O2. The molecule has 3 heterocycles. The van der Waals surface area contributed by atoms with Crippen LogP contribution in [0.1, 0.15) is 21.7 Å². The van der Waals surface area contributed by atoms with Crippen molar-refractivity contribution in [2.45, 2.75) is 13.0 Å². The molecule has 24 heavy (non-hydrogen) atoms. The van der Waals surface area contributed by atoms with Crippen molar-refractivity contribution in [2.75, 3.05) is 6.54 Å². The fraction of sp³-hybridized carbons (Fsp3) is 0.176. The summed E-state index contributed by atoms with van der Waals surface area (Å²) in [7, 11) is 0. The number of carbonyl (C=O) groups excluding carboxylic acids is 1. The van der Waals surface area contributed by atoms with Crippen LogP contribution in [0.15, 0.2) is 47.4 Å². The summed E-state index contributed by atoms with van der Waals surface area (Å²) >= 11 is 0. The van der Waals surface area contributed by atoms with E-state index >= 15 is 0 Å². The third-order valence-corrected chi connectivity index (χ3v) is 4.02. The van der Waals surface area contributed by atoms with E-state index in [4.69, 9.17) is 4.52 Å². The summed E-state index contributed by atoms with van der Waals surface area (Å²) in [4.78, 5) is 22.1. The van der Waals surface area contributed by atoms with Crippen molar-refractivity contribution in [3.05, 3.63) is 65.6 Å². The van der Waals surface area contributed by atoms with Gasteiger partial charge in [0, 0.05) is 30.1 Å². The predicted octanol–water partition coefficient (Wildman–Crippen LogP) is 2.47. The number of halogens is 1. The van der Waals surface area contributed by atoms with Crippen molar-refractivity contribution >= 4 is 5.91 Å². The fourth-order valence-corrected chi connectivity index (χ4v) is 2.80. The maximum Gasteiger partial charge on any atom is 0.274 e. The van der Waals surface area contributed by atoms with Gasteiger partial charge in [0.05, 0.1) is 12.7 Å². The smallest absolute Gasteiger partial charge is 0.274 e. The van der Waals surface area contributed by atoms with E-state index in [1.54, 1.807) is 17.0 Å². The molecule has 0 atom stereocenters. The first-order valence-electron chi connectivity index (χ1n) is 7.51. The Morgan fingerprint density at radius 2 is 2.04 bits per heavy atom. The Balaban J connectivity index is 1.59. The molecule has 0 N–H and O–H groups in total. The van der Waals surface area contributed by atoms with E-state index in [9.17, 15) is 9.18 Å². The molecule has 1 aliphatic rings. The number of rotatable bonds is 2. The summed E-state index contributed by atoms with van der Waals surface area (Å²) in [6, 6.07) is 6.09. The van der Waals surface area contributed by atoms with Crippen LogP contribution >= 0.6 is 0 Å². The second-order valence-corrected chi connectivity index (χ2v) is 5.51. The van der Waals surface area contributed by atoms with E-state index in [0.717, 1.165) is 16.8 Å². The minimum atomic E-state index is -0.298. The molecule has 0 unspecified atom stereocenters. The van der Waals surface area contributed by atoms with Crippen molar-refractivity contribution in [1.82, 2.24) is 20.0 Å². The quantitative estimate of drug-likeness (QED) is 0.724. The van der Waals surface area contributed by atoms with Gasteiger partial charge in [-0.3, -0.25) is 9.78 Å². The molecule has 3 aromatic rings. The molecule has 0 bridgehead atoms. The number of aromatic nitrogens is 3. The topological polar surface area (TPSA) is 72.1 Å². The number of carbonyl (C=O) groups is 1. The lowest BCUT2D eigenvalue weighted by atomic mass is 10.0. The van der Waals surface area contributed by atoms with Gasteiger partial charge in [0.15, 0.2) is 5.76 Å². The highest BCUT2D eigenvalue weighted by Gasteiger charge is 2.28. The zero-order valence-electron chi connectivity index (χ0n) is 12.6. The highest BCUT2D eigenvalue weighted by molar-refractivity contribution is 5.92. The lowest BCUT2D eigenvalue weighted by Gasteiger charge is -2.25. The van der Waals surface area contributed by atoms with E-state index < -0.39 is 0 Å². The molecule has 0 saturated carbocycles. The van der Waals surface area contributed by atoms with Crippen LogP contribution in [0, 0.1) is 5.82 Å². The summed E-state index contributed by atoms with van der Waals surface area (Å²) in [6.07, 6.45) is 5.09. The van der Waals surface area contributed by atoms with Crippen molar-refractivity contribution in [3.8, 4) is 11.3 Å².